The lowest BCUT2D eigenvalue weighted by Crippen LogP contribution is -2.26. The standard InChI is InChI=1S/C17H22N4O5S/c1-5-10-21-16(22)9-7-13(19-21)17(23)18-14-11-12(6-8-15(14)26-4)27(24,25)20(2)3/h6-9,11H,5,10H2,1-4H3,(H,18,23). The molecule has 0 atom stereocenters. The van der Waals surface area contributed by atoms with Gasteiger partial charge in [0.1, 0.15) is 11.4 Å². The van der Waals surface area contributed by atoms with Gasteiger partial charge in [-0.1, -0.05) is 6.92 Å². The Bertz CT molecular complexity index is 999. The summed E-state index contributed by atoms with van der Waals surface area (Å²) in [7, 11) is 0.559. The molecule has 2 rings (SSSR count). The number of benzene rings is 1. The summed E-state index contributed by atoms with van der Waals surface area (Å²) in [6.07, 6.45) is 0.691. The minimum Gasteiger partial charge on any atom is -0.495 e. The molecule has 0 aliphatic carbocycles. The monoisotopic (exact) mass is 394 g/mol. The van der Waals surface area contributed by atoms with Gasteiger partial charge >= 0.3 is 0 Å². The molecule has 0 saturated heterocycles. The van der Waals surface area contributed by atoms with E-state index in [1.54, 1.807) is 0 Å². The number of nitrogens with zero attached hydrogens (tertiary/aromatic N) is 3. The fourth-order valence-corrected chi connectivity index (χ4v) is 3.21. The summed E-state index contributed by atoms with van der Waals surface area (Å²) in [6.45, 7) is 2.28. The minimum atomic E-state index is -3.68. The molecule has 0 aliphatic heterocycles. The number of sulfonamides is 1. The van der Waals surface area contributed by atoms with Crippen molar-refractivity contribution in [2.24, 2.45) is 0 Å². The van der Waals surface area contributed by atoms with Gasteiger partial charge in [0, 0.05) is 26.7 Å². The molecule has 0 unspecified atom stereocenters. The first-order valence-corrected chi connectivity index (χ1v) is 9.64. The first-order chi connectivity index (χ1) is 12.7. The van der Waals surface area contributed by atoms with Gasteiger partial charge < -0.3 is 10.1 Å². The highest BCUT2D eigenvalue weighted by atomic mass is 32.2. The number of ether oxygens (including phenoxy) is 1. The van der Waals surface area contributed by atoms with Crippen molar-refractivity contribution in [1.29, 1.82) is 0 Å². The number of amides is 1. The number of carbonyl (C=O) groups excluding carboxylic acids is 1. The van der Waals surface area contributed by atoms with Crippen molar-refractivity contribution < 1.29 is 17.9 Å². The third-order valence-corrected chi connectivity index (χ3v) is 5.54. The Morgan fingerprint density at radius 2 is 1.96 bits per heavy atom. The van der Waals surface area contributed by atoms with Crippen molar-refractivity contribution >= 4 is 21.6 Å². The van der Waals surface area contributed by atoms with E-state index in [2.05, 4.69) is 10.4 Å². The van der Waals surface area contributed by atoms with Crippen molar-refractivity contribution in [3.8, 4) is 5.75 Å². The molecule has 1 aromatic heterocycles. The maximum atomic E-state index is 12.5. The molecule has 2 aromatic rings. The molecule has 0 saturated carbocycles. The molecule has 1 aromatic carbocycles. The maximum absolute atomic E-state index is 12.5. The Morgan fingerprint density at radius 3 is 2.56 bits per heavy atom. The molecule has 0 radical (unpaired) electrons. The van der Waals surface area contributed by atoms with Crippen LogP contribution in [0.25, 0.3) is 0 Å². The van der Waals surface area contributed by atoms with E-state index in [1.807, 2.05) is 6.92 Å². The van der Waals surface area contributed by atoms with Gasteiger partial charge in [-0.3, -0.25) is 9.59 Å². The maximum Gasteiger partial charge on any atom is 0.276 e. The van der Waals surface area contributed by atoms with E-state index in [1.165, 1.54) is 56.2 Å². The summed E-state index contributed by atoms with van der Waals surface area (Å²) >= 11 is 0. The second-order valence-corrected chi connectivity index (χ2v) is 8.04. The van der Waals surface area contributed by atoms with Crippen LogP contribution < -0.4 is 15.6 Å². The molecule has 1 heterocycles. The highest BCUT2D eigenvalue weighted by Gasteiger charge is 2.20. The summed E-state index contributed by atoms with van der Waals surface area (Å²) < 4.78 is 32.1. The van der Waals surface area contributed by atoms with Gasteiger partial charge in [-0.25, -0.2) is 17.4 Å². The number of rotatable bonds is 7. The number of hydrogen-bond donors (Lipinski definition) is 1. The van der Waals surface area contributed by atoms with Crippen molar-refractivity contribution in [3.63, 3.8) is 0 Å². The molecule has 10 heteroatoms. The van der Waals surface area contributed by atoms with Crippen LogP contribution in [0.4, 0.5) is 5.69 Å². The first kappa shape index (κ1) is 20.6. The SMILES string of the molecule is CCCn1nc(C(=O)Nc2cc(S(=O)(=O)N(C)C)ccc2OC)ccc1=O. The van der Waals surface area contributed by atoms with Crippen LogP contribution >= 0.6 is 0 Å². The summed E-state index contributed by atoms with van der Waals surface area (Å²) in [4.78, 5) is 24.3. The van der Waals surface area contributed by atoms with Crippen molar-refractivity contribution in [1.82, 2.24) is 14.1 Å². The summed E-state index contributed by atoms with van der Waals surface area (Å²) in [5.41, 5.74) is -0.0866. The molecule has 9 nitrogen and oxygen atoms in total. The van der Waals surface area contributed by atoms with E-state index in [0.717, 1.165) is 4.31 Å². The Labute approximate surface area is 157 Å². The topological polar surface area (TPSA) is 111 Å². The quantitative estimate of drug-likeness (QED) is 0.755. The summed E-state index contributed by atoms with van der Waals surface area (Å²) in [5, 5.41) is 6.63. The Hall–Kier alpha value is -2.72. The van der Waals surface area contributed by atoms with Gasteiger partial charge in [0.2, 0.25) is 10.0 Å². The van der Waals surface area contributed by atoms with Gasteiger partial charge in [0.25, 0.3) is 11.5 Å². The second kappa shape index (κ2) is 8.31. The lowest BCUT2D eigenvalue weighted by atomic mass is 10.2. The predicted molar refractivity (Wildman–Crippen MR) is 101 cm³/mol. The van der Waals surface area contributed by atoms with Gasteiger partial charge in [0.15, 0.2) is 0 Å². The number of hydrogen-bond acceptors (Lipinski definition) is 6. The third kappa shape index (κ3) is 4.52. The van der Waals surface area contributed by atoms with Crippen LogP contribution in [-0.4, -0.2) is 49.6 Å². The molecular formula is C17H22N4O5S. The number of nitrogens with one attached hydrogen (secondary N) is 1. The molecule has 0 fully saturated rings. The lowest BCUT2D eigenvalue weighted by molar-refractivity contribution is 0.101. The second-order valence-electron chi connectivity index (χ2n) is 5.88. The molecule has 0 aliphatic rings. The number of methoxy groups -OCH3 is 1. The fraction of sp³-hybridized carbons (Fsp3) is 0.353. The summed E-state index contributed by atoms with van der Waals surface area (Å²) in [6, 6.07) is 6.74. The molecule has 1 amide bonds. The van der Waals surface area contributed by atoms with Gasteiger partial charge in [-0.15, -0.1) is 0 Å². The molecule has 146 valence electrons. The normalized spacial score (nSPS) is 11.4. The molecular weight excluding hydrogens is 372 g/mol. The predicted octanol–water partition coefficient (Wildman–Crippen LogP) is 1.16. The van der Waals surface area contributed by atoms with E-state index < -0.39 is 15.9 Å². The molecule has 0 spiro atoms. The van der Waals surface area contributed by atoms with Crippen molar-refractivity contribution in [2.75, 3.05) is 26.5 Å². The van der Waals surface area contributed by atoms with Crippen LogP contribution in [0.15, 0.2) is 40.0 Å². The smallest absolute Gasteiger partial charge is 0.276 e. The average Bonchev–Trinajstić information content (AvgIpc) is 2.63. The molecule has 1 N–H and O–H groups in total. The molecule has 27 heavy (non-hydrogen) atoms. The number of carbonyl (C=O) groups is 1. The van der Waals surface area contributed by atoms with Crippen LogP contribution in [-0.2, 0) is 16.6 Å². The van der Waals surface area contributed by atoms with E-state index in [9.17, 15) is 18.0 Å². The number of anilines is 1. The Kier molecular flexibility index (Phi) is 6.34. The van der Waals surface area contributed by atoms with Crippen LogP contribution in [0.1, 0.15) is 23.8 Å². The van der Waals surface area contributed by atoms with Gasteiger partial charge in [-0.05, 0) is 30.7 Å². The van der Waals surface area contributed by atoms with Gasteiger partial charge in [0.05, 0.1) is 17.7 Å². The van der Waals surface area contributed by atoms with Crippen molar-refractivity contribution in [3.05, 3.63) is 46.4 Å². The van der Waals surface area contributed by atoms with Crippen molar-refractivity contribution in [2.45, 2.75) is 24.8 Å². The van der Waals surface area contributed by atoms with E-state index in [4.69, 9.17) is 4.74 Å². The highest BCUT2D eigenvalue weighted by Crippen LogP contribution is 2.28. The summed E-state index contributed by atoms with van der Waals surface area (Å²) in [5.74, 6) is -0.291. The first-order valence-electron chi connectivity index (χ1n) is 8.20. The molecule has 0 bridgehead atoms. The zero-order valence-corrected chi connectivity index (χ0v) is 16.4. The van der Waals surface area contributed by atoms with Crippen LogP contribution in [0, 0.1) is 0 Å². The van der Waals surface area contributed by atoms with Crippen LogP contribution in [0.3, 0.4) is 0 Å². The van der Waals surface area contributed by atoms with E-state index >= 15 is 0 Å². The highest BCUT2D eigenvalue weighted by molar-refractivity contribution is 7.89. The third-order valence-electron chi connectivity index (χ3n) is 3.73. The van der Waals surface area contributed by atoms with Crippen LogP contribution in [0.5, 0.6) is 5.75 Å². The Morgan fingerprint density at radius 1 is 1.26 bits per heavy atom. The van der Waals surface area contributed by atoms with E-state index in [-0.39, 0.29) is 21.8 Å². The zero-order chi connectivity index (χ0) is 20.2. The minimum absolute atomic E-state index is 0.00696. The lowest BCUT2D eigenvalue weighted by Gasteiger charge is -2.15. The largest absolute Gasteiger partial charge is 0.495 e. The number of aryl methyl sites for hydroxylation is 1. The number of aromatic nitrogens is 2. The van der Waals surface area contributed by atoms with E-state index in [0.29, 0.717) is 18.7 Å². The van der Waals surface area contributed by atoms with Gasteiger partial charge in [-0.2, -0.15) is 5.10 Å². The average molecular weight is 394 g/mol. The fourth-order valence-electron chi connectivity index (χ4n) is 2.28. The van der Waals surface area contributed by atoms with Crippen LogP contribution in [0.2, 0.25) is 0 Å². The zero-order valence-electron chi connectivity index (χ0n) is 15.6. The Balaban J connectivity index is 2.40.